The monoisotopic (exact) mass is 343 g/mol. The lowest BCUT2D eigenvalue weighted by atomic mass is 10.1. The molecule has 1 saturated carbocycles. The van der Waals surface area contributed by atoms with Gasteiger partial charge in [0.2, 0.25) is 5.91 Å². The third-order valence-electron chi connectivity index (χ3n) is 5.54. The van der Waals surface area contributed by atoms with Crippen molar-refractivity contribution in [2.45, 2.75) is 64.0 Å². The number of hydrogen-bond acceptors (Lipinski definition) is 3. The number of rotatable bonds is 5. The van der Waals surface area contributed by atoms with Crippen LogP contribution in [-0.4, -0.2) is 26.6 Å². The molecule has 2 aliphatic carbocycles. The molecule has 2 heterocycles. The van der Waals surface area contributed by atoms with Gasteiger partial charge in [0, 0.05) is 18.8 Å². The quantitative estimate of drug-likeness (QED) is 0.833. The summed E-state index contributed by atoms with van der Waals surface area (Å²) in [6.07, 6.45) is 8.77. The molecule has 1 fully saturated rings. The number of thiophene rings is 1. The second-order valence-corrected chi connectivity index (χ2v) is 7.90. The minimum absolute atomic E-state index is 0.262. The summed E-state index contributed by atoms with van der Waals surface area (Å²) in [6, 6.07) is 2.46. The highest BCUT2D eigenvalue weighted by Gasteiger charge is 2.30. The van der Waals surface area contributed by atoms with Crippen molar-refractivity contribution in [1.29, 1.82) is 0 Å². The number of carbonyl (C=O) groups is 1. The zero-order chi connectivity index (χ0) is 16.5. The van der Waals surface area contributed by atoms with Crippen LogP contribution < -0.4 is 0 Å². The molecular weight excluding hydrogens is 318 g/mol. The van der Waals surface area contributed by atoms with Crippen LogP contribution in [0.2, 0.25) is 0 Å². The number of carbonyl (C=O) groups excluding carboxylic acids is 1. The Balaban J connectivity index is 1.56. The average molecular weight is 343 g/mol. The zero-order valence-corrected chi connectivity index (χ0v) is 15.1. The van der Waals surface area contributed by atoms with Crippen LogP contribution in [0.3, 0.4) is 0 Å². The van der Waals surface area contributed by atoms with E-state index in [2.05, 4.69) is 16.3 Å². The Kier molecular flexibility index (Phi) is 4.44. The number of aryl methyl sites for hydroxylation is 1. The van der Waals surface area contributed by atoms with Gasteiger partial charge in [0.15, 0.2) is 0 Å². The lowest BCUT2D eigenvalue weighted by Gasteiger charge is -2.29. The molecule has 2 aliphatic rings. The Bertz CT molecular complexity index is 713. The van der Waals surface area contributed by atoms with Crippen molar-refractivity contribution in [2.24, 2.45) is 7.05 Å². The van der Waals surface area contributed by atoms with Gasteiger partial charge >= 0.3 is 0 Å². The normalized spacial score (nSPS) is 17.4. The van der Waals surface area contributed by atoms with Crippen LogP contribution in [0.25, 0.3) is 0 Å². The second-order valence-electron chi connectivity index (χ2n) is 7.12. The maximum atomic E-state index is 13.0. The molecule has 0 atom stereocenters. The van der Waals surface area contributed by atoms with Crippen LogP contribution >= 0.6 is 11.3 Å². The molecule has 0 radical (unpaired) electrons. The second kappa shape index (κ2) is 6.71. The van der Waals surface area contributed by atoms with Crippen molar-refractivity contribution in [1.82, 2.24) is 14.7 Å². The molecule has 4 nitrogen and oxygen atoms in total. The summed E-state index contributed by atoms with van der Waals surface area (Å²) in [5.41, 5.74) is 5.06. The maximum absolute atomic E-state index is 13.0. The fourth-order valence-corrected chi connectivity index (χ4v) is 4.96. The molecule has 5 heteroatoms. The predicted molar refractivity (Wildman–Crippen MR) is 96.1 cm³/mol. The molecule has 0 bridgehead atoms. The van der Waals surface area contributed by atoms with Gasteiger partial charge in [0.1, 0.15) is 0 Å². The van der Waals surface area contributed by atoms with Gasteiger partial charge in [0.25, 0.3) is 0 Å². The van der Waals surface area contributed by atoms with Gasteiger partial charge in [-0.1, -0.05) is 12.8 Å². The Morgan fingerprint density at radius 1 is 1.33 bits per heavy atom. The Hall–Kier alpha value is -1.62. The Morgan fingerprint density at radius 2 is 2.17 bits per heavy atom. The van der Waals surface area contributed by atoms with Gasteiger partial charge in [0.05, 0.1) is 18.7 Å². The Labute approximate surface area is 147 Å². The van der Waals surface area contributed by atoms with E-state index >= 15 is 0 Å². The number of amides is 1. The van der Waals surface area contributed by atoms with E-state index in [1.807, 2.05) is 17.1 Å². The van der Waals surface area contributed by atoms with Crippen molar-refractivity contribution in [3.8, 4) is 0 Å². The van der Waals surface area contributed by atoms with Gasteiger partial charge in [-0.3, -0.25) is 9.48 Å². The first-order valence-electron chi connectivity index (χ1n) is 9.06. The standard InChI is InChI=1S/C19H25N3OS/c1-21-18-8-4-7-16(18)17(20-21)12-22(15-5-2-3-6-15)19(23)11-14-9-10-24-13-14/h9-10,13,15H,2-8,11-12H2,1H3. The largest absolute Gasteiger partial charge is 0.333 e. The fraction of sp³-hybridized carbons (Fsp3) is 0.579. The van der Waals surface area contributed by atoms with Crippen LogP contribution in [-0.2, 0) is 37.6 Å². The highest BCUT2D eigenvalue weighted by atomic mass is 32.1. The minimum atomic E-state index is 0.262. The van der Waals surface area contributed by atoms with Gasteiger partial charge in [-0.2, -0.15) is 16.4 Å². The number of nitrogens with zero attached hydrogens (tertiary/aromatic N) is 3. The van der Waals surface area contributed by atoms with E-state index in [0.717, 1.165) is 36.9 Å². The van der Waals surface area contributed by atoms with Gasteiger partial charge < -0.3 is 4.90 Å². The van der Waals surface area contributed by atoms with Crippen LogP contribution in [0.15, 0.2) is 16.8 Å². The van der Waals surface area contributed by atoms with Crippen LogP contribution in [0.4, 0.5) is 0 Å². The average Bonchev–Trinajstić information content (AvgIpc) is 3.34. The molecule has 4 rings (SSSR count). The highest BCUT2D eigenvalue weighted by molar-refractivity contribution is 7.08. The molecule has 1 amide bonds. The van der Waals surface area contributed by atoms with Crippen molar-refractivity contribution >= 4 is 17.2 Å². The highest BCUT2D eigenvalue weighted by Crippen LogP contribution is 2.29. The van der Waals surface area contributed by atoms with E-state index in [4.69, 9.17) is 5.10 Å². The molecule has 128 valence electrons. The van der Waals surface area contributed by atoms with Crippen molar-refractivity contribution in [2.75, 3.05) is 0 Å². The zero-order valence-electron chi connectivity index (χ0n) is 14.3. The molecule has 0 aliphatic heterocycles. The van der Waals surface area contributed by atoms with Crippen molar-refractivity contribution in [3.05, 3.63) is 39.3 Å². The first-order chi connectivity index (χ1) is 11.7. The predicted octanol–water partition coefficient (Wildman–Crippen LogP) is 3.48. The summed E-state index contributed by atoms with van der Waals surface area (Å²) < 4.78 is 2.04. The summed E-state index contributed by atoms with van der Waals surface area (Å²) in [6.45, 7) is 0.691. The first-order valence-corrected chi connectivity index (χ1v) is 10.0. The van der Waals surface area contributed by atoms with Gasteiger partial charge in [-0.25, -0.2) is 0 Å². The number of hydrogen-bond donors (Lipinski definition) is 0. The van der Waals surface area contributed by atoms with Crippen LogP contribution in [0.1, 0.15) is 54.6 Å². The van der Waals surface area contributed by atoms with Crippen LogP contribution in [0.5, 0.6) is 0 Å². The van der Waals surface area contributed by atoms with E-state index in [0.29, 0.717) is 19.0 Å². The summed E-state index contributed by atoms with van der Waals surface area (Å²) in [5, 5.41) is 8.88. The van der Waals surface area contributed by atoms with Crippen LogP contribution in [0, 0.1) is 0 Å². The SMILES string of the molecule is Cn1nc(CN(C(=O)Cc2ccsc2)C2CCCC2)c2c1CCC2. The minimum Gasteiger partial charge on any atom is -0.333 e. The molecular formula is C19H25N3OS. The first kappa shape index (κ1) is 15.9. The summed E-state index contributed by atoms with van der Waals surface area (Å²) in [5.74, 6) is 0.262. The van der Waals surface area contributed by atoms with E-state index in [1.165, 1.54) is 30.5 Å². The van der Waals surface area contributed by atoms with Crippen molar-refractivity contribution < 1.29 is 4.79 Å². The lowest BCUT2D eigenvalue weighted by molar-refractivity contribution is -0.133. The van der Waals surface area contributed by atoms with Crippen molar-refractivity contribution in [3.63, 3.8) is 0 Å². The molecule has 0 saturated heterocycles. The molecule has 0 unspecified atom stereocenters. The fourth-order valence-electron chi connectivity index (χ4n) is 4.29. The molecule has 0 aromatic carbocycles. The van der Waals surface area contributed by atoms with E-state index in [9.17, 15) is 4.79 Å². The third kappa shape index (κ3) is 3.02. The third-order valence-corrected chi connectivity index (χ3v) is 6.27. The molecule has 2 aromatic heterocycles. The Morgan fingerprint density at radius 3 is 2.92 bits per heavy atom. The molecule has 24 heavy (non-hydrogen) atoms. The number of fused-ring (bicyclic) bond motifs is 1. The smallest absolute Gasteiger partial charge is 0.227 e. The molecule has 0 N–H and O–H groups in total. The molecule has 0 spiro atoms. The maximum Gasteiger partial charge on any atom is 0.227 e. The summed E-state index contributed by atoms with van der Waals surface area (Å²) in [7, 11) is 2.04. The summed E-state index contributed by atoms with van der Waals surface area (Å²) >= 11 is 1.66. The van der Waals surface area contributed by atoms with E-state index in [-0.39, 0.29) is 5.91 Å². The lowest BCUT2D eigenvalue weighted by Crippen LogP contribution is -2.39. The summed E-state index contributed by atoms with van der Waals surface area (Å²) in [4.78, 5) is 15.1. The van der Waals surface area contributed by atoms with E-state index in [1.54, 1.807) is 11.3 Å². The van der Waals surface area contributed by atoms with Gasteiger partial charge in [-0.15, -0.1) is 0 Å². The topological polar surface area (TPSA) is 38.1 Å². The molecule has 2 aromatic rings. The number of aromatic nitrogens is 2. The van der Waals surface area contributed by atoms with Gasteiger partial charge in [-0.05, 0) is 60.1 Å². The van der Waals surface area contributed by atoms with E-state index < -0.39 is 0 Å².